The summed E-state index contributed by atoms with van der Waals surface area (Å²) in [4.78, 5) is 14.5. The molecule has 25 heavy (non-hydrogen) atoms. The molecule has 0 bridgehead atoms. The molecule has 2 aromatic rings. The Labute approximate surface area is 155 Å². The van der Waals surface area contributed by atoms with Gasteiger partial charge in [-0.2, -0.15) is 0 Å². The minimum absolute atomic E-state index is 0.306. The molecule has 0 spiro atoms. The Hall–Kier alpha value is -1.97. The molecule has 0 radical (unpaired) electrons. The third-order valence-electron chi connectivity index (χ3n) is 4.74. The lowest BCUT2D eigenvalue weighted by atomic mass is 9.88. The summed E-state index contributed by atoms with van der Waals surface area (Å²) >= 11 is 0. The van der Waals surface area contributed by atoms with Crippen molar-refractivity contribution in [2.24, 2.45) is 0 Å². The zero-order valence-corrected chi connectivity index (χ0v) is 14.4. The van der Waals surface area contributed by atoms with Gasteiger partial charge in [0, 0.05) is 29.5 Å². The lowest BCUT2D eigenvalue weighted by Gasteiger charge is -2.40. The van der Waals surface area contributed by atoms with Gasteiger partial charge >= 0.3 is 0 Å². The van der Waals surface area contributed by atoms with E-state index in [9.17, 15) is 9.90 Å². The van der Waals surface area contributed by atoms with Gasteiger partial charge in [0.15, 0.2) is 5.78 Å². The van der Waals surface area contributed by atoms with Crippen LogP contribution in [0.3, 0.4) is 0 Å². The molecule has 132 valence electrons. The molecule has 3 heteroatoms. The monoisotopic (exact) mass is 341 g/mol. The number of hydrogen-bond donors (Lipinski definition) is 1. The van der Waals surface area contributed by atoms with E-state index < -0.39 is 36.7 Å². The molecule has 1 aliphatic rings. The minimum atomic E-state index is -2.16. The van der Waals surface area contributed by atoms with E-state index in [1.165, 1.54) is 0 Å². The number of rotatable bonds is 6. The standard InChI is InChI=1S/C22H27NO2/c1-23-19(15-21(24)17-9-4-2-5-10-17)13-8-14-20(23)16-22(25)18-11-6-3-7-12-18/h2-7,9-12,19-21,24H,8,13-16H2,1H3/t19-,20+,21+/m0/s1/i15D2,16D2. The maximum absolute atomic E-state index is 12.9. The summed E-state index contributed by atoms with van der Waals surface area (Å²) in [7, 11) is 1.65. The predicted octanol–water partition coefficient (Wildman–Crippen LogP) is 4.24. The molecule has 3 nitrogen and oxygen atoms in total. The van der Waals surface area contributed by atoms with E-state index in [-0.39, 0.29) is 0 Å². The normalized spacial score (nSPS) is 26.0. The first-order valence-electron chi connectivity index (χ1n) is 10.7. The molecule has 0 aliphatic carbocycles. The molecule has 3 rings (SSSR count). The second kappa shape index (κ2) is 8.41. The highest BCUT2D eigenvalue weighted by molar-refractivity contribution is 5.96. The van der Waals surface area contributed by atoms with Crippen LogP contribution in [0.1, 0.15) is 59.5 Å². The summed E-state index contributed by atoms with van der Waals surface area (Å²) in [6, 6.07) is 15.5. The Bertz CT molecular complexity index is 829. The molecule has 0 aromatic heterocycles. The van der Waals surface area contributed by atoms with Gasteiger partial charge < -0.3 is 5.11 Å². The van der Waals surface area contributed by atoms with Crippen LogP contribution in [0.25, 0.3) is 0 Å². The minimum Gasteiger partial charge on any atom is -0.388 e. The Morgan fingerprint density at radius 2 is 1.72 bits per heavy atom. The third-order valence-corrected chi connectivity index (χ3v) is 4.74. The molecule has 1 N–H and O–H groups in total. The molecule has 1 aliphatic heterocycles. The first-order chi connectivity index (χ1) is 13.7. The topological polar surface area (TPSA) is 40.5 Å². The van der Waals surface area contributed by atoms with Crippen molar-refractivity contribution in [3.63, 3.8) is 0 Å². The Morgan fingerprint density at radius 3 is 2.40 bits per heavy atom. The average molecular weight is 341 g/mol. The van der Waals surface area contributed by atoms with Gasteiger partial charge in [-0.1, -0.05) is 67.1 Å². The Morgan fingerprint density at radius 1 is 1.12 bits per heavy atom. The molecule has 0 saturated carbocycles. The van der Waals surface area contributed by atoms with Gasteiger partial charge in [-0.3, -0.25) is 9.69 Å². The summed E-state index contributed by atoms with van der Waals surface area (Å²) < 4.78 is 34.4. The molecule has 0 unspecified atom stereocenters. The van der Waals surface area contributed by atoms with E-state index >= 15 is 0 Å². The molecular weight excluding hydrogens is 310 g/mol. The lowest BCUT2D eigenvalue weighted by Crippen LogP contribution is -2.45. The van der Waals surface area contributed by atoms with Crippen LogP contribution in [0.4, 0.5) is 0 Å². The number of aliphatic hydroxyl groups is 1. The van der Waals surface area contributed by atoms with Crippen molar-refractivity contribution in [1.29, 1.82) is 0 Å². The van der Waals surface area contributed by atoms with Crippen molar-refractivity contribution in [2.45, 2.75) is 50.2 Å². The van der Waals surface area contributed by atoms with Crippen molar-refractivity contribution in [3.8, 4) is 0 Å². The first kappa shape index (κ1) is 13.3. The van der Waals surface area contributed by atoms with Crippen molar-refractivity contribution < 1.29 is 15.4 Å². The highest BCUT2D eigenvalue weighted by atomic mass is 16.3. The van der Waals surface area contributed by atoms with Crippen LogP contribution < -0.4 is 0 Å². The Balaban J connectivity index is 1.85. The highest BCUT2D eigenvalue weighted by Gasteiger charge is 2.30. The zero-order valence-electron chi connectivity index (χ0n) is 18.4. The zero-order chi connectivity index (χ0) is 21.2. The van der Waals surface area contributed by atoms with Crippen LogP contribution in [-0.4, -0.2) is 34.9 Å². The summed E-state index contributed by atoms with van der Waals surface area (Å²) in [6.07, 6.45) is -3.98. The van der Waals surface area contributed by atoms with Gasteiger partial charge in [0.2, 0.25) is 0 Å². The maximum Gasteiger partial charge on any atom is 0.164 e. The molecule has 3 atom stereocenters. The summed E-state index contributed by atoms with van der Waals surface area (Å²) in [5.74, 6) is -0.597. The van der Waals surface area contributed by atoms with Crippen LogP contribution in [0.15, 0.2) is 60.7 Å². The van der Waals surface area contributed by atoms with Gasteiger partial charge in [-0.25, -0.2) is 0 Å². The smallest absolute Gasteiger partial charge is 0.164 e. The first-order valence-corrected chi connectivity index (χ1v) is 8.72. The SMILES string of the molecule is [2H]C([2H])(C(=O)c1ccccc1)[C@H]1CCC[C@@H](C([2H])([2H])[C@@H](O)c2ccccc2)N1C. The Kier molecular flexibility index (Phi) is 4.46. The maximum atomic E-state index is 12.9. The van der Waals surface area contributed by atoms with E-state index in [1.54, 1.807) is 72.6 Å². The number of carbonyl (C=O) groups excluding carboxylic acids is 1. The van der Waals surface area contributed by atoms with Crippen molar-refractivity contribution in [2.75, 3.05) is 7.05 Å². The van der Waals surface area contributed by atoms with Gasteiger partial charge in [-0.05, 0) is 31.8 Å². The molecule has 1 saturated heterocycles. The van der Waals surface area contributed by atoms with Crippen molar-refractivity contribution >= 4 is 5.78 Å². The van der Waals surface area contributed by atoms with Crippen LogP contribution in [0.2, 0.25) is 0 Å². The third kappa shape index (κ3) is 4.56. The van der Waals surface area contributed by atoms with Crippen LogP contribution in [0, 0.1) is 0 Å². The number of likely N-dealkylation sites (tertiary alicyclic amines) is 1. The fraction of sp³-hybridized carbons (Fsp3) is 0.409. The molecule has 0 amide bonds. The summed E-state index contributed by atoms with van der Waals surface area (Å²) in [6.45, 7) is 0. The van der Waals surface area contributed by atoms with E-state index in [4.69, 9.17) is 5.48 Å². The van der Waals surface area contributed by atoms with Gasteiger partial charge in [-0.15, -0.1) is 0 Å². The number of nitrogens with zero attached hydrogens (tertiary/aromatic N) is 1. The molecular formula is C22H27NO2. The number of hydrogen-bond acceptors (Lipinski definition) is 3. The highest BCUT2D eigenvalue weighted by Crippen LogP contribution is 2.30. The number of carbonyl (C=O) groups is 1. The largest absolute Gasteiger partial charge is 0.388 e. The molecule has 1 heterocycles. The number of ketones is 1. The number of Topliss-reactive ketones (excluding diaryl/α,β-unsaturated/α-hetero) is 1. The van der Waals surface area contributed by atoms with Crippen LogP contribution in [-0.2, 0) is 0 Å². The second-order valence-corrected chi connectivity index (χ2v) is 6.45. The van der Waals surface area contributed by atoms with Gasteiger partial charge in [0.05, 0.1) is 6.10 Å². The van der Waals surface area contributed by atoms with E-state index in [1.807, 2.05) is 0 Å². The van der Waals surface area contributed by atoms with E-state index in [0.717, 1.165) is 0 Å². The molecule has 1 fully saturated rings. The van der Waals surface area contributed by atoms with Crippen molar-refractivity contribution in [1.82, 2.24) is 4.90 Å². The van der Waals surface area contributed by atoms with Crippen LogP contribution in [0.5, 0.6) is 0 Å². The van der Waals surface area contributed by atoms with Crippen molar-refractivity contribution in [3.05, 3.63) is 71.8 Å². The van der Waals surface area contributed by atoms with Crippen LogP contribution >= 0.6 is 0 Å². The number of benzene rings is 2. The quantitative estimate of drug-likeness (QED) is 0.799. The average Bonchev–Trinajstić information content (AvgIpc) is 2.73. The summed E-state index contributed by atoms with van der Waals surface area (Å²) in [5.41, 5.74) is 0.789. The molecule has 2 aromatic carbocycles. The summed E-state index contributed by atoms with van der Waals surface area (Å²) in [5, 5.41) is 10.7. The second-order valence-electron chi connectivity index (χ2n) is 6.45. The predicted molar refractivity (Wildman–Crippen MR) is 101 cm³/mol. The fourth-order valence-electron chi connectivity index (χ4n) is 3.24. The van der Waals surface area contributed by atoms with E-state index in [2.05, 4.69) is 0 Å². The number of piperidine rings is 1. The number of aliphatic hydroxyl groups excluding tert-OH is 1. The van der Waals surface area contributed by atoms with Gasteiger partial charge in [0.25, 0.3) is 0 Å². The van der Waals surface area contributed by atoms with E-state index in [0.29, 0.717) is 30.4 Å². The lowest BCUT2D eigenvalue weighted by molar-refractivity contribution is 0.0549. The fourth-order valence-corrected chi connectivity index (χ4v) is 3.24. The van der Waals surface area contributed by atoms with Gasteiger partial charge in [0.1, 0.15) is 0 Å².